The molecular weight excluding hydrogens is 270 g/mol. The third-order valence-electron chi connectivity index (χ3n) is 2.06. The SMILES string of the molecule is C=CCN(CCOC)c1ncc(N)cc1Br. The molecule has 0 atom stereocenters. The summed E-state index contributed by atoms with van der Waals surface area (Å²) < 4.78 is 5.94. The van der Waals surface area contributed by atoms with Gasteiger partial charge in [-0.2, -0.15) is 0 Å². The van der Waals surface area contributed by atoms with Crippen LogP contribution >= 0.6 is 15.9 Å². The van der Waals surface area contributed by atoms with Crippen LogP contribution in [0.2, 0.25) is 0 Å². The second-order valence-electron chi connectivity index (χ2n) is 3.30. The predicted octanol–water partition coefficient (Wildman–Crippen LogP) is 2.07. The van der Waals surface area contributed by atoms with Crippen LogP contribution in [0.4, 0.5) is 11.5 Å². The fraction of sp³-hybridized carbons (Fsp3) is 0.364. The van der Waals surface area contributed by atoms with Crippen molar-refractivity contribution in [3.8, 4) is 0 Å². The number of anilines is 2. The Bertz CT molecular complexity index is 357. The van der Waals surface area contributed by atoms with Crippen molar-refractivity contribution in [1.29, 1.82) is 0 Å². The van der Waals surface area contributed by atoms with Gasteiger partial charge in [-0.1, -0.05) is 6.08 Å². The summed E-state index contributed by atoms with van der Waals surface area (Å²) in [5.74, 6) is 0.853. The zero-order valence-corrected chi connectivity index (χ0v) is 10.9. The van der Waals surface area contributed by atoms with E-state index in [0.717, 1.165) is 23.4 Å². The highest BCUT2D eigenvalue weighted by Crippen LogP contribution is 2.25. The summed E-state index contributed by atoms with van der Waals surface area (Å²) in [6.45, 7) is 5.86. The zero-order valence-electron chi connectivity index (χ0n) is 9.32. The maximum Gasteiger partial charge on any atom is 0.143 e. The van der Waals surface area contributed by atoms with Gasteiger partial charge in [-0.05, 0) is 22.0 Å². The molecule has 0 aliphatic heterocycles. The fourth-order valence-corrected chi connectivity index (χ4v) is 1.94. The highest BCUT2D eigenvalue weighted by Gasteiger charge is 2.10. The molecule has 0 aliphatic rings. The lowest BCUT2D eigenvalue weighted by Gasteiger charge is -2.22. The number of hydrogen-bond acceptors (Lipinski definition) is 4. The van der Waals surface area contributed by atoms with Crippen molar-refractivity contribution in [2.45, 2.75) is 0 Å². The summed E-state index contributed by atoms with van der Waals surface area (Å²) in [6.07, 6.45) is 3.48. The molecule has 1 rings (SSSR count). The Morgan fingerprint density at radius 1 is 1.69 bits per heavy atom. The third kappa shape index (κ3) is 3.50. The van der Waals surface area contributed by atoms with E-state index in [2.05, 4.69) is 32.4 Å². The average molecular weight is 286 g/mol. The Morgan fingerprint density at radius 3 is 3.00 bits per heavy atom. The Balaban J connectivity index is 2.86. The lowest BCUT2D eigenvalue weighted by molar-refractivity contribution is 0.205. The standard InChI is InChI=1S/C11H16BrN3O/c1-3-4-15(5-6-16-2)11-10(12)7-9(13)8-14-11/h3,7-8H,1,4-6,13H2,2H3. The van der Waals surface area contributed by atoms with Crippen molar-refractivity contribution >= 4 is 27.4 Å². The van der Waals surface area contributed by atoms with E-state index in [1.807, 2.05) is 12.1 Å². The van der Waals surface area contributed by atoms with E-state index in [9.17, 15) is 0 Å². The number of nitrogens with two attached hydrogens (primary N) is 1. The molecule has 0 radical (unpaired) electrons. The molecule has 1 aromatic rings. The first-order chi connectivity index (χ1) is 7.69. The van der Waals surface area contributed by atoms with E-state index in [-0.39, 0.29) is 0 Å². The smallest absolute Gasteiger partial charge is 0.143 e. The number of nitrogens with zero attached hydrogens (tertiary/aromatic N) is 2. The summed E-state index contributed by atoms with van der Waals surface area (Å²) in [7, 11) is 1.68. The van der Waals surface area contributed by atoms with Gasteiger partial charge in [0.05, 0.1) is 23.0 Å². The molecule has 1 heterocycles. The molecule has 0 aromatic carbocycles. The first-order valence-electron chi connectivity index (χ1n) is 4.94. The van der Waals surface area contributed by atoms with Gasteiger partial charge in [0.25, 0.3) is 0 Å². The molecular formula is C11H16BrN3O. The number of nitrogen functional groups attached to an aromatic ring is 1. The van der Waals surface area contributed by atoms with Gasteiger partial charge >= 0.3 is 0 Å². The van der Waals surface area contributed by atoms with E-state index in [1.165, 1.54) is 0 Å². The first-order valence-corrected chi connectivity index (χ1v) is 5.74. The van der Waals surface area contributed by atoms with E-state index in [0.29, 0.717) is 12.3 Å². The molecule has 0 spiro atoms. The van der Waals surface area contributed by atoms with Crippen molar-refractivity contribution in [2.24, 2.45) is 0 Å². The second kappa shape index (κ2) is 6.50. The van der Waals surface area contributed by atoms with Crippen LogP contribution in [0.15, 0.2) is 29.4 Å². The Labute approximate surface area is 104 Å². The largest absolute Gasteiger partial charge is 0.397 e. The van der Waals surface area contributed by atoms with Crippen LogP contribution in [0, 0.1) is 0 Å². The van der Waals surface area contributed by atoms with Crippen molar-refractivity contribution in [3.63, 3.8) is 0 Å². The Hall–Kier alpha value is -1.07. The highest BCUT2D eigenvalue weighted by molar-refractivity contribution is 9.10. The lowest BCUT2D eigenvalue weighted by atomic mass is 10.3. The number of hydrogen-bond donors (Lipinski definition) is 1. The van der Waals surface area contributed by atoms with E-state index in [4.69, 9.17) is 10.5 Å². The van der Waals surface area contributed by atoms with Gasteiger partial charge in [0.2, 0.25) is 0 Å². The molecule has 5 heteroatoms. The normalized spacial score (nSPS) is 10.1. The van der Waals surface area contributed by atoms with Crippen LogP contribution in [0.3, 0.4) is 0 Å². The van der Waals surface area contributed by atoms with Gasteiger partial charge in [0, 0.05) is 20.2 Å². The summed E-state index contributed by atoms with van der Waals surface area (Å²) in [5.41, 5.74) is 6.29. The van der Waals surface area contributed by atoms with Crippen LogP contribution in [0.1, 0.15) is 0 Å². The monoisotopic (exact) mass is 285 g/mol. The van der Waals surface area contributed by atoms with Crippen LogP contribution in [0.5, 0.6) is 0 Å². The highest BCUT2D eigenvalue weighted by atomic mass is 79.9. The number of aromatic nitrogens is 1. The van der Waals surface area contributed by atoms with Crippen LogP contribution < -0.4 is 10.6 Å². The molecule has 1 aromatic heterocycles. The maximum atomic E-state index is 5.65. The minimum absolute atomic E-state index is 0.640. The van der Waals surface area contributed by atoms with Crippen LogP contribution in [-0.2, 0) is 4.74 Å². The summed E-state index contributed by atoms with van der Waals surface area (Å²) in [6, 6.07) is 1.84. The van der Waals surface area contributed by atoms with Gasteiger partial charge < -0.3 is 15.4 Å². The molecule has 4 nitrogen and oxygen atoms in total. The Morgan fingerprint density at radius 2 is 2.44 bits per heavy atom. The number of methoxy groups -OCH3 is 1. The van der Waals surface area contributed by atoms with Gasteiger partial charge in [-0.25, -0.2) is 4.98 Å². The first kappa shape index (κ1) is 13.0. The van der Waals surface area contributed by atoms with Gasteiger partial charge in [0.1, 0.15) is 5.82 Å². The van der Waals surface area contributed by atoms with E-state index in [1.54, 1.807) is 13.3 Å². The molecule has 0 unspecified atom stereocenters. The molecule has 0 saturated carbocycles. The molecule has 0 aliphatic carbocycles. The van der Waals surface area contributed by atoms with Crippen molar-refractivity contribution < 1.29 is 4.74 Å². The number of rotatable bonds is 6. The van der Waals surface area contributed by atoms with Crippen molar-refractivity contribution in [2.75, 3.05) is 37.4 Å². The zero-order chi connectivity index (χ0) is 12.0. The molecule has 0 saturated heterocycles. The van der Waals surface area contributed by atoms with Crippen molar-refractivity contribution in [1.82, 2.24) is 4.98 Å². The van der Waals surface area contributed by atoms with Gasteiger partial charge in [-0.3, -0.25) is 0 Å². The molecule has 0 fully saturated rings. The quantitative estimate of drug-likeness (QED) is 0.813. The predicted molar refractivity (Wildman–Crippen MR) is 70.6 cm³/mol. The maximum absolute atomic E-state index is 5.65. The van der Waals surface area contributed by atoms with E-state index >= 15 is 0 Å². The third-order valence-corrected chi connectivity index (χ3v) is 2.64. The van der Waals surface area contributed by atoms with Gasteiger partial charge in [-0.15, -0.1) is 6.58 Å². The molecule has 88 valence electrons. The Kier molecular flexibility index (Phi) is 5.28. The average Bonchev–Trinajstić information content (AvgIpc) is 2.25. The van der Waals surface area contributed by atoms with E-state index < -0.39 is 0 Å². The minimum atomic E-state index is 0.640. The summed E-state index contributed by atoms with van der Waals surface area (Å²) in [4.78, 5) is 6.37. The molecule has 0 bridgehead atoms. The second-order valence-corrected chi connectivity index (χ2v) is 4.16. The van der Waals surface area contributed by atoms with Gasteiger partial charge in [0.15, 0.2) is 0 Å². The molecule has 16 heavy (non-hydrogen) atoms. The van der Waals surface area contributed by atoms with Crippen LogP contribution in [-0.4, -0.2) is 31.8 Å². The topological polar surface area (TPSA) is 51.4 Å². The molecule has 0 amide bonds. The summed E-state index contributed by atoms with van der Waals surface area (Å²) in [5, 5.41) is 0. The number of ether oxygens (including phenoxy) is 1. The fourth-order valence-electron chi connectivity index (χ4n) is 1.32. The minimum Gasteiger partial charge on any atom is -0.397 e. The number of pyridine rings is 1. The van der Waals surface area contributed by atoms with Crippen molar-refractivity contribution in [3.05, 3.63) is 29.4 Å². The summed E-state index contributed by atoms with van der Waals surface area (Å²) >= 11 is 3.45. The molecule has 2 N–H and O–H groups in total. The lowest BCUT2D eigenvalue weighted by Crippen LogP contribution is -2.28. The number of halogens is 1. The van der Waals surface area contributed by atoms with Crippen LogP contribution in [0.25, 0.3) is 0 Å².